The fourth-order valence-electron chi connectivity index (χ4n) is 0.909. The molecule has 0 bridgehead atoms. The molecular formula is C10H14N2O3. The zero-order chi connectivity index (χ0) is 11.4. The van der Waals surface area contributed by atoms with E-state index in [4.69, 9.17) is 10.2 Å². The van der Waals surface area contributed by atoms with Crippen LogP contribution in [-0.4, -0.2) is 27.2 Å². The van der Waals surface area contributed by atoms with Gasteiger partial charge >= 0.3 is 0 Å². The number of nitrogens with zero attached hydrogens (tertiary/aromatic N) is 2. The average Bonchev–Trinajstić information content (AvgIpc) is 2.18. The maximum atomic E-state index is 11.4. The highest BCUT2D eigenvalue weighted by Crippen LogP contribution is 2.17. The lowest BCUT2D eigenvalue weighted by atomic mass is 10.2. The van der Waals surface area contributed by atoms with Gasteiger partial charge in [-0.3, -0.25) is 0 Å². The molecule has 0 fully saturated rings. The Labute approximate surface area is 87.9 Å². The number of azo groups is 1. The molecule has 1 rings (SSSR count). The average molecular weight is 210 g/mol. The number of aliphatic hydroxyl groups is 1. The second-order valence-electron chi connectivity index (χ2n) is 3.39. The summed E-state index contributed by atoms with van der Waals surface area (Å²) in [5, 5.41) is 33.3. The molecule has 0 aromatic heterocycles. The fraction of sp³-hybridized carbons (Fsp3) is 0.400. The quantitative estimate of drug-likeness (QED) is 0.453. The number of rotatable bonds is 3. The molecule has 0 heterocycles. The molecule has 2 N–H and O–H groups in total. The highest BCUT2D eigenvalue weighted by molar-refractivity contribution is 5.34. The third-order valence-electron chi connectivity index (χ3n) is 2.06. The van der Waals surface area contributed by atoms with Gasteiger partial charge in [-0.1, -0.05) is 4.86 Å². The van der Waals surface area contributed by atoms with Gasteiger partial charge in [0.15, 0.2) is 0 Å². The predicted octanol–water partition coefficient (Wildman–Crippen LogP) is 1.76. The highest BCUT2D eigenvalue weighted by atomic mass is 16.5. The highest BCUT2D eigenvalue weighted by Gasteiger charge is 2.12. The van der Waals surface area contributed by atoms with Crippen molar-refractivity contribution in [2.75, 3.05) is 0 Å². The van der Waals surface area contributed by atoms with Crippen LogP contribution in [0.4, 0.5) is 5.69 Å². The van der Waals surface area contributed by atoms with Crippen LogP contribution in [0.5, 0.6) is 5.75 Å². The van der Waals surface area contributed by atoms with Gasteiger partial charge in [0.1, 0.15) is 11.8 Å². The van der Waals surface area contributed by atoms with Gasteiger partial charge in [0, 0.05) is 12.1 Å². The van der Waals surface area contributed by atoms with Crippen molar-refractivity contribution in [1.29, 1.82) is 0 Å². The van der Waals surface area contributed by atoms with E-state index in [1.807, 2.05) is 0 Å². The topological polar surface area (TPSA) is 78.9 Å². The SMILES string of the molecule is C[C@H](N=[N+]([O-])c1ccc(O)cc1)[C@@H](C)O. The first kappa shape index (κ1) is 11.5. The second-order valence-corrected chi connectivity index (χ2v) is 3.39. The van der Waals surface area contributed by atoms with Crippen LogP contribution < -0.4 is 0 Å². The zero-order valence-electron chi connectivity index (χ0n) is 8.66. The lowest BCUT2D eigenvalue weighted by Gasteiger charge is -2.07. The van der Waals surface area contributed by atoms with Gasteiger partial charge in [0.2, 0.25) is 5.69 Å². The van der Waals surface area contributed by atoms with Crippen molar-refractivity contribution in [3.8, 4) is 5.75 Å². The van der Waals surface area contributed by atoms with E-state index >= 15 is 0 Å². The second kappa shape index (κ2) is 4.75. The first-order valence-corrected chi connectivity index (χ1v) is 4.66. The molecule has 0 saturated heterocycles. The molecule has 0 aliphatic heterocycles. The van der Waals surface area contributed by atoms with Crippen LogP contribution >= 0.6 is 0 Å². The molecule has 5 heteroatoms. The van der Waals surface area contributed by atoms with Crippen molar-refractivity contribution in [3.05, 3.63) is 29.5 Å². The number of hydrogen-bond acceptors (Lipinski definition) is 4. The van der Waals surface area contributed by atoms with Crippen LogP contribution in [0.3, 0.4) is 0 Å². The summed E-state index contributed by atoms with van der Waals surface area (Å²) in [5.74, 6) is 0.0933. The van der Waals surface area contributed by atoms with E-state index in [2.05, 4.69) is 5.11 Å². The normalized spacial score (nSPS) is 16.1. The Kier molecular flexibility index (Phi) is 3.62. The van der Waals surface area contributed by atoms with E-state index in [1.54, 1.807) is 13.8 Å². The maximum absolute atomic E-state index is 11.4. The van der Waals surface area contributed by atoms with Gasteiger partial charge in [0.25, 0.3) is 0 Å². The monoisotopic (exact) mass is 210 g/mol. The van der Waals surface area contributed by atoms with Crippen molar-refractivity contribution >= 4 is 5.69 Å². The molecule has 0 aliphatic rings. The third kappa shape index (κ3) is 3.21. The van der Waals surface area contributed by atoms with Gasteiger partial charge in [-0.05, 0) is 31.1 Å². The van der Waals surface area contributed by atoms with Gasteiger partial charge in [-0.2, -0.15) is 0 Å². The number of aliphatic hydroxyl groups excluding tert-OH is 1. The summed E-state index contributed by atoms with van der Waals surface area (Å²) in [6, 6.07) is 5.27. The van der Waals surface area contributed by atoms with Crippen molar-refractivity contribution < 1.29 is 15.1 Å². The smallest absolute Gasteiger partial charge is 0.244 e. The summed E-state index contributed by atoms with van der Waals surface area (Å²) in [6.07, 6.45) is -0.668. The molecule has 5 nitrogen and oxygen atoms in total. The molecule has 0 radical (unpaired) electrons. The number of phenolic OH excluding ortho intramolecular Hbond substituents is 1. The molecule has 82 valence electrons. The van der Waals surface area contributed by atoms with Crippen LogP contribution in [0.2, 0.25) is 0 Å². The molecule has 0 unspecified atom stereocenters. The van der Waals surface area contributed by atoms with Crippen LogP contribution in [-0.2, 0) is 0 Å². The number of aromatic hydroxyl groups is 1. The summed E-state index contributed by atoms with van der Waals surface area (Å²) in [5.41, 5.74) is 0.320. The minimum absolute atomic E-state index is 0.0933. The third-order valence-corrected chi connectivity index (χ3v) is 2.06. The Morgan fingerprint density at radius 2 is 1.80 bits per heavy atom. The Morgan fingerprint density at radius 3 is 2.27 bits per heavy atom. The molecule has 1 aromatic carbocycles. The Morgan fingerprint density at radius 1 is 1.27 bits per heavy atom. The fourth-order valence-corrected chi connectivity index (χ4v) is 0.909. The van der Waals surface area contributed by atoms with Crippen molar-refractivity contribution in [3.63, 3.8) is 0 Å². The van der Waals surface area contributed by atoms with Crippen LogP contribution in [0.15, 0.2) is 29.4 Å². The Balaban J connectivity index is 2.84. The number of hydrogen-bond donors (Lipinski definition) is 2. The summed E-state index contributed by atoms with van der Waals surface area (Å²) < 4.78 is 0. The van der Waals surface area contributed by atoms with Gasteiger partial charge in [-0.15, -0.1) is 0 Å². The van der Waals surface area contributed by atoms with E-state index < -0.39 is 12.1 Å². The van der Waals surface area contributed by atoms with Crippen LogP contribution in [0, 0.1) is 5.21 Å². The molecular weight excluding hydrogens is 196 g/mol. The molecule has 0 amide bonds. The first-order chi connectivity index (χ1) is 7.00. The number of phenols is 1. The Bertz CT molecular complexity index is 346. The van der Waals surface area contributed by atoms with Crippen molar-refractivity contribution in [2.45, 2.75) is 26.0 Å². The molecule has 1 aromatic rings. The minimum Gasteiger partial charge on any atom is -0.594 e. The lowest BCUT2D eigenvalue weighted by Crippen LogP contribution is -2.18. The molecule has 2 atom stereocenters. The van der Waals surface area contributed by atoms with E-state index in [0.29, 0.717) is 10.5 Å². The summed E-state index contributed by atoms with van der Waals surface area (Å²) in [7, 11) is 0. The van der Waals surface area contributed by atoms with E-state index in [-0.39, 0.29) is 5.75 Å². The molecule has 0 spiro atoms. The van der Waals surface area contributed by atoms with E-state index in [9.17, 15) is 5.21 Å². The van der Waals surface area contributed by atoms with Gasteiger partial charge in [-0.25, -0.2) is 0 Å². The number of benzene rings is 1. The molecule has 15 heavy (non-hydrogen) atoms. The standard InChI is InChI=1S/C10H14N2O3/c1-7(8(2)13)11-12(15)9-3-5-10(14)6-4-9/h3-8,13-14H,1-2H3/t7-,8+/m0/s1. The summed E-state index contributed by atoms with van der Waals surface area (Å²) in [4.78, 5) is 0.441. The predicted molar refractivity (Wildman–Crippen MR) is 55.0 cm³/mol. The van der Waals surface area contributed by atoms with Crippen LogP contribution in [0.25, 0.3) is 0 Å². The first-order valence-electron chi connectivity index (χ1n) is 4.66. The van der Waals surface area contributed by atoms with Crippen molar-refractivity contribution in [2.24, 2.45) is 5.11 Å². The van der Waals surface area contributed by atoms with Gasteiger partial charge < -0.3 is 15.4 Å². The zero-order valence-corrected chi connectivity index (χ0v) is 8.66. The molecule has 0 saturated carbocycles. The largest absolute Gasteiger partial charge is 0.594 e. The Hall–Kier alpha value is -1.62. The van der Waals surface area contributed by atoms with Gasteiger partial charge in [0.05, 0.1) is 6.10 Å². The van der Waals surface area contributed by atoms with Crippen molar-refractivity contribution in [1.82, 2.24) is 0 Å². The minimum atomic E-state index is -0.668. The lowest BCUT2D eigenvalue weighted by molar-refractivity contribution is -0.447. The maximum Gasteiger partial charge on any atom is 0.244 e. The van der Waals surface area contributed by atoms with E-state index in [0.717, 1.165) is 0 Å². The summed E-state index contributed by atoms with van der Waals surface area (Å²) >= 11 is 0. The molecule has 0 aliphatic carbocycles. The summed E-state index contributed by atoms with van der Waals surface area (Å²) in [6.45, 7) is 3.22. The van der Waals surface area contributed by atoms with E-state index in [1.165, 1.54) is 24.3 Å². The van der Waals surface area contributed by atoms with Crippen LogP contribution in [0.1, 0.15) is 13.8 Å².